The second kappa shape index (κ2) is 10.6. The van der Waals surface area contributed by atoms with Crippen LogP contribution in [0.3, 0.4) is 0 Å². The van der Waals surface area contributed by atoms with E-state index in [1.165, 1.54) is 31.2 Å². The molecule has 0 bridgehead atoms. The molecule has 2 rings (SSSR count). The minimum atomic E-state index is -3.53. The Bertz CT molecular complexity index is 1150. The summed E-state index contributed by atoms with van der Waals surface area (Å²) in [5, 5.41) is 2.58. The molecule has 33 heavy (non-hydrogen) atoms. The van der Waals surface area contributed by atoms with Gasteiger partial charge in [-0.15, -0.1) is 0 Å². The fourth-order valence-corrected chi connectivity index (χ4v) is 5.33. The second-order valence-electron chi connectivity index (χ2n) is 9.49. The van der Waals surface area contributed by atoms with E-state index >= 15 is 0 Å². The highest BCUT2D eigenvalue weighted by atomic mass is 32.2. The van der Waals surface area contributed by atoms with Gasteiger partial charge in [-0.3, -0.25) is 4.79 Å². The monoisotopic (exact) mass is 498 g/mol. The number of hydrogen-bond donors (Lipinski definition) is 4. The molecule has 1 amide bonds. The summed E-state index contributed by atoms with van der Waals surface area (Å²) < 4.78 is 52.7. The van der Waals surface area contributed by atoms with Gasteiger partial charge in [0.25, 0.3) is 0 Å². The summed E-state index contributed by atoms with van der Waals surface area (Å²) in [4.78, 5) is 11.2. The van der Waals surface area contributed by atoms with E-state index < -0.39 is 31.1 Å². The molecule has 0 atom stereocenters. The largest absolute Gasteiger partial charge is 0.399 e. The van der Waals surface area contributed by atoms with Gasteiger partial charge in [0.15, 0.2) is 0 Å². The Morgan fingerprint density at radius 3 is 1.33 bits per heavy atom. The lowest BCUT2D eigenvalue weighted by Crippen LogP contribution is -2.40. The van der Waals surface area contributed by atoms with Gasteiger partial charge < -0.3 is 11.1 Å². The van der Waals surface area contributed by atoms with Gasteiger partial charge >= 0.3 is 0 Å². The van der Waals surface area contributed by atoms with Crippen molar-refractivity contribution in [3.63, 3.8) is 0 Å². The SMILES string of the molecule is CC(=O)Nc1ccc(S(=O)(=O)NC(C)(C)C)cc1.CC(C)(C)NS(=O)(=O)c1ccc(N)cc1. The zero-order valence-corrected chi connectivity index (χ0v) is 21.7. The maximum absolute atomic E-state index is 12.0. The lowest BCUT2D eigenvalue weighted by molar-refractivity contribution is -0.114. The molecular weight excluding hydrogens is 464 g/mol. The molecule has 0 saturated carbocycles. The van der Waals surface area contributed by atoms with Crippen LogP contribution in [0.4, 0.5) is 11.4 Å². The number of hydrogen-bond acceptors (Lipinski definition) is 6. The van der Waals surface area contributed by atoms with E-state index in [1.54, 1.807) is 65.8 Å². The summed E-state index contributed by atoms with van der Waals surface area (Å²) >= 11 is 0. The average molecular weight is 499 g/mol. The van der Waals surface area contributed by atoms with Crippen molar-refractivity contribution in [2.24, 2.45) is 0 Å². The number of anilines is 2. The quantitative estimate of drug-likeness (QED) is 0.466. The average Bonchev–Trinajstić information content (AvgIpc) is 2.58. The maximum Gasteiger partial charge on any atom is 0.241 e. The Labute approximate surface area is 197 Å². The van der Waals surface area contributed by atoms with Crippen LogP contribution >= 0.6 is 0 Å². The summed E-state index contributed by atoms with van der Waals surface area (Å²) in [6.45, 7) is 12.1. The zero-order chi connectivity index (χ0) is 25.7. The van der Waals surface area contributed by atoms with Gasteiger partial charge in [-0.05, 0) is 90.1 Å². The normalized spacial score (nSPS) is 12.5. The van der Waals surface area contributed by atoms with Gasteiger partial charge in [0, 0.05) is 29.4 Å². The molecule has 0 aliphatic carbocycles. The van der Waals surface area contributed by atoms with Gasteiger partial charge in [-0.25, -0.2) is 26.3 Å². The zero-order valence-electron chi connectivity index (χ0n) is 20.1. The Hall–Kier alpha value is -2.47. The number of amides is 1. The molecule has 184 valence electrons. The minimum absolute atomic E-state index is 0.173. The molecule has 2 aromatic carbocycles. The van der Waals surface area contributed by atoms with E-state index in [-0.39, 0.29) is 15.7 Å². The van der Waals surface area contributed by atoms with E-state index in [4.69, 9.17) is 5.73 Å². The van der Waals surface area contributed by atoms with E-state index in [1.807, 2.05) is 0 Å². The van der Waals surface area contributed by atoms with Crippen LogP contribution in [-0.4, -0.2) is 33.8 Å². The highest BCUT2D eigenvalue weighted by Crippen LogP contribution is 2.16. The van der Waals surface area contributed by atoms with E-state index in [0.717, 1.165) is 0 Å². The summed E-state index contributed by atoms with van der Waals surface area (Å²) in [7, 11) is -6.97. The number of nitrogen functional groups attached to an aromatic ring is 1. The lowest BCUT2D eigenvalue weighted by atomic mass is 10.1. The third-order valence-corrected chi connectivity index (χ3v) is 7.10. The first kappa shape index (κ1) is 28.6. The van der Waals surface area contributed by atoms with Gasteiger partial charge in [0.05, 0.1) is 9.79 Å². The Morgan fingerprint density at radius 1 is 0.697 bits per heavy atom. The molecule has 9 nitrogen and oxygen atoms in total. The molecule has 0 fully saturated rings. The topological polar surface area (TPSA) is 147 Å². The summed E-state index contributed by atoms with van der Waals surface area (Å²) in [5.74, 6) is -0.196. The maximum atomic E-state index is 12.0. The van der Waals surface area contributed by atoms with Crippen molar-refractivity contribution in [3.8, 4) is 0 Å². The molecule has 0 spiro atoms. The van der Waals surface area contributed by atoms with Crippen molar-refractivity contribution in [1.29, 1.82) is 0 Å². The molecule has 0 heterocycles. The fourth-order valence-electron chi connectivity index (χ4n) is 2.49. The third-order valence-electron chi connectivity index (χ3n) is 3.56. The molecule has 0 aliphatic heterocycles. The summed E-state index contributed by atoms with van der Waals surface area (Å²) in [6, 6.07) is 12.1. The number of rotatable bonds is 5. The van der Waals surface area contributed by atoms with Crippen LogP contribution < -0.4 is 20.5 Å². The number of benzene rings is 2. The van der Waals surface area contributed by atoms with Crippen LogP contribution in [0.5, 0.6) is 0 Å². The van der Waals surface area contributed by atoms with Crippen LogP contribution in [0, 0.1) is 0 Å². The highest BCUT2D eigenvalue weighted by molar-refractivity contribution is 7.89. The molecule has 11 heteroatoms. The Morgan fingerprint density at radius 2 is 1.03 bits per heavy atom. The second-order valence-corrected chi connectivity index (χ2v) is 12.9. The van der Waals surface area contributed by atoms with Crippen molar-refractivity contribution in [2.75, 3.05) is 11.1 Å². The van der Waals surface area contributed by atoms with Gasteiger partial charge in [-0.1, -0.05) is 0 Å². The van der Waals surface area contributed by atoms with Crippen molar-refractivity contribution in [2.45, 2.75) is 69.3 Å². The smallest absolute Gasteiger partial charge is 0.241 e. The van der Waals surface area contributed by atoms with Crippen molar-refractivity contribution < 1.29 is 21.6 Å². The minimum Gasteiger partial charge on any atom is -0.399 e. The molecule has 0 unspecified atom stereocenters. The van der Waals surface area contributed by atoms with Crippen LogP contribution in [0.2, 0.25) is 0 Å². The van der Waals surface area contributed by atoms with E-state index in [2.05, 4.69) is 14.8 Å². The molecule has 0 radical (unpaired) electrons. The third kappa shape index (κ3) is 10.8. The first-order valence-corrected chi connectivity index (χ1v) is 13.1. The van der Waals surface area contributed by atoms with E-state index in [0.29, 0.717) is 11.4 Å². The summed E-state index contributed by atoms with van der Waals surface area (Å²) in [6.07, 6.45) is 0. The number of nitrogens with two attached hydrogens (primary N) is 1. The van der Waals surface area contributed by atoms with Gasteiger partial charge in [-0.2, -0.15) is 0 Å². The molecule has 5 N–H and O–H groups in total. The van der Waals surface area contributed by atoms with Crippen LogP contribution in [0.1, 0.15) is 48.5 Å². The highest BCUT2D eigenvalue weighted by Gasteiger charge is 2.22. The predicted molar refractivity (Wildman–Crippen MR) is 132 cm³/mol. The predicted octanol–water partition coefficient (Wildman–Crippen LogP) is 3.07. The van der Waals surface area contributed by atoms with Crippen molar-refractivity contribution >= 4 is 37.3 Å². The number of carbonyl (C=O) groups is 1. The first-order chi connectivity index (χ1) is 14.8. The molecule has 0 saturated heterocycles. The summed E-state index contributed by atoms with van der Waals surface area (Å²) in [5.41, 5.74) is 5.58. The lowest BCUT2D eigenvalue weighted by Gasteiger charge is -2.20. The molecule has 0 aliphatic rings. The number of sulfonamides is 2. The number of nitrogens with one attached hydrogen (secondary N) is 3. The Balaban J connectivity index is 0.000000335. The standard InChI is InChI=1S/C12H18N2O3S.C10H16N2O2S/c1-9(15)13-10-5-7-11(8-6-10)18(16,17)14-12(2,3)4;1-10(2,3)12-15(13,14)9-6-4-8(11)5-7-9/h5-8,14H,1-4H3,(H,13,15);4-7,12H,11H2,1-3H3. The van der Waals surface area contributed by atoms with Crippen LogP contribution in [-0.2, 0) is 24.8 Å². The van der Waals surface area contributed by atoms with Crippen LogP contribution in [0.15, 0.2) is 58.3 Å². The van der Waals surface area contributed by atoms with Crippen LogP contribution in [0.25, 0.3) is 0 Å². The van der Waals surface area contributed by atoms with Gasteiger partial charge in [0.2, 0.25) is 26.0 Å². The molecular formula is C22H34N4O5S2. The van der Waals surface area contributed by atoms with E-state index in [9.17, 15) is 21.6 Å². The first-order valence-electron chi connectivity index (χ1n) is 10.1. The molecule has 0 aromatic heterocycles. The fraction of sp³-hybridized carbons (Fsp3) is 0.409. The van der Waals surface area contributed by atoms with Crippen molar-refractivity contribution in [3.05, 3.63) is 48.5 Å². The number of carbonyl (C=O) groups excluding carboxylic acids is 1. The van der Waals surface area contributed by atoms with Crippen molar-refractivity contribution in [1.82, 2.24) is 9.44 Å². The Kier molecular flexibility index (Phi) is 9.21. The molecule has 2 aromatic rings. The van der Waals surface area contributed by atoms with Gasteiger partial charge in [0.1, 0.15) is 0 Å².